The molecule has 2 aromatic rings. The number of amides is 1. The van der Waals surface area contributed by atoms with E-state index in [4.69, 9.17) is 0 Å². The number of carbonyl (C=O) groups is 1. The van der Waals surface area contributed by atoms with Crippen LogP contribution in [0.15, 0.2) is 28.2 Å². The van der Waals surface area contributed by atoms with Crippen LogP contribution in [0.3, 0.4) is 0 Å². The topological polar surface area (TPSA) is 79.8 Å². The zero-order valence-corrected chi connectivity index (χ0v) is 14.1. The van der Waals surface area contributed by atoms with Crippen molar-refractivity contribution in [2.75, 3.05) is 5.32 Å². The maximum Gasteiger partial charge on any atom is 0.343 e. The molecule has 0 bridgehead atoms. The molecule has 0 unspecified atom stereocenters. The number of carbonyl (C=O) groups excluding carboxylic acids is 1. The summed E-state index contributed by atoms with van der Waals surface area (Å²) < 4.78 is 27.9. The zero-order valence-electron chi connectivity index (χ0n) is 13.3. The van der Waals surface area contributed by atoms with Gasteiger partial charge in [0, 0.05) is 12.6 Å². The van der Waals surface area contributed by atoms with Gasteiger partial charge in [0.1, 0.15) is 11.6 Å². The molecule has 0 saturated heterocycles. The highest BCUT2D eigenvalue weighted by atomic mass is 32.2. The molecule has 0 radical (unpaired) electrons. The molecular formula is C15H18F2N4O2S. The van der Waals surface area contributed by atoms with Gasteiger partial charge in [0.05, 0.1) is 10.9 Å². The van der Waals surface area contributed by atoms with Crippen molar-refractivity contribution in [2.45, 2.75) is 43.6 Å². The highest BCUT2D eigenvalue weighted by Crippen LogP contribution is 2.22. The highest BCUT2D eigenvalue weighted by Gasteiger charge is 2.20. The molecule has 2 rings (SSSR count). The molecule has 2 N–H and O–H groups in total. The van der Waals surface area contributed by atoms with E-state index in [1.807, 2.05) is 6.92 Å². The first kappa shape index (κ1) is 18.2. The average Bonchev–Trinajstić information content (AvgIpc) is 2.88. The van der Waals surface area contributed by atoms with Crippen LogP contribution >= 0.6 is 11.8 Å². The molecule has 0 saturated carbocycles. The van der Waals surface area contributed by atoms with Gasteiger partial charge in [0.15, 0.2) is 5.16 Å². The Labute approximate surface area is 141 Å². The van der Waals surface area contributed by atoms with Crippen molar-refractivity contribution >= 4 is 23.4 Å². The standard InChI is InChI=1S/C15H18F2N4O2S/c1-3-4-7-21-14(23)19-20-15(21)24-9(2)13(22)18-12-6-5-10(16)8-11(12)17/h5-6,8-9H,3-4,7H2,1-2H3,(H,18,22)(H,19,23)/t9-/m1/s1. The second kappa shape index (κ2) is 8.09. The number of thioether (sulfide) groups is 1. The van der Waals surface area contributed by atoms with E-state index in [0.29, 0.717) is 17.8 Å². The number of nitrogens with one attached hydrogen (secondary N) is 2. The lowest BCUT2D eigenvalue weighted by molar-refractivity contribution is -0.115. The molecule has 0 aliphatic carbocycles. The Kier molecular flexibility index (Phi) is 6.13. The average molecular weight is 356 g/mol. The molecule has 0 aliphatic rings. The van der Waals surface area contributed by atoms with Crippen molar-refractivity contribution in [1.82, 2.24) is 14.8 Å². The Bertz CT molecular complexity index is 775. The minimum atomic E-state index is -0.847. The second-order valence-corrected chi connectivity index (χ2v) is 6.50. The number of aromatic amines is 1. The van der Waals surface area contributed by atoms with Gasteiger partial charge in [-0.2, -0.15) is 0 Å². The summed E-state index contributed by atoms with van der Waals surface area (Å²) in [7, 11) is 0. The molecule has 1 aromatic carbocycles. The number of benzene rings is 1. The van der Waals surface area contributed by atoms with Crippen LogP contribution in [0.1, 0.15) is 26.7 Å². The summed E-state index contributed by atoms with van der Waals surface area (Å²) >= 11 is 1.09. The molecule has 1 aromatic heterocycles. The fourth-order valence-corrected chi connectivity index (χ4v) is 2.83. The lowest BCUT2D eigenvalue weighted by atomic mass is 10.3. The first-order valence-electron chi connectivity index (χ1n) is 7.50. The van der Waals surface area contributed by atoms with Crippen LogP contribution in [0, 0.1) is 11.6 Å². The molecule has 0 fully saturated rings. The summed E-state index contributed by atoms with van der Waals surface area (Å²) in [6.45, 7) is 4.13. The summed E-state index contributed by atoms with van der Waals surface area (Å²) in [5.41, 5.74) is -0.428. The quantitative estimate of drug-likeness (QED) is 0.748. The number of aromatic nitrogens is 3. The third-order valence-corrected chi connectivity index (χ3v) is 4.39. The Hall–Kier alpha value is -2.16. The van der Waals surface area contributed by atoms with Gasteiger partial charge in [-0.05, 0) is 25.5 Å². The number of anilines is 1. The number of unbranched alkanes of at least 4 members (excludes halogenated alkanes) is 1. The number of H-pyrrole nitrogens is 1. The summed E-state index contributed by atoms with van der Waals surface area (Å²) in [4.78, 5) is 23.9. The van der Waals surface area contributed by atoms with Crippen molar-refractivity contribution < 1.29 is 13.6 Å². The van der Waals surface area contributed by atoms with Crippen LogP contribution in [0.5, 0.6) is 0 Å². The van der Waals surface area contributed by atoms with Gasteiger partial charge < -0.3 is 5.32 Å². The summed E-state index contributed by atoms with van der Waals surface area (Å²) in [6.07, 6.45) is 1.73. The highest BCUT2D eigenvalue weighted by molar-refractivity contribution is 8.00. The minimum Gasteiger partial charge on any atom is -0.323 e. The molecule has 130 valence electrons. The van der Waals surface area contributed by atoms with Crippen molar-refractivity contribution in [3.05, 3.63) is 40.3 Å². The molecular weight excluding hydrogens is 338 g/mol. The number of halogens is 2. The Morgan fingerprint density at radius 2 is 2.21 bits per heavy atom. The molecule has 0 spiro atoms. The summed E-state index contributed by atoms with van der Waals surface area (Å²) in [5.74, 6) is -2.03. The third-order valence-electron chi connectivity index (χ3n) is 3.30. The Morgan fingerprint density at radius 3 is 2.88 bits per heavy atom. The Balaban J connectivity index is 2.05. The van der Waals surface area contributed by atoms with Gasteiger partial charge >= 0.3 is 5.69 Å². The molecule has 1 amide bonds. The van der Waals surface area contributed by atoms with E-state index in [2.05, 4.69) is 15.5 Å². The van der Waals surface area contributed by atoms with Crippen LogP contribution in [0.4, 0.5) is 14.5 Å². The molecule has 6 nitrogen and oxygen atoms in total. The number of nitrogens with zero attached hydrogens (tertiary/aromatic N) is 2. The van der Waals surface area contributed by atoms with E-state index in [-0.39, 0.29) is 11.4 Å². The largest absolute Gasteiger partial charge is 0.343 e. The lowest BCUT2D eigenvalue weighted by Gasteiger charge is -2.12. The number of hydrogen-bond acceptors (Lipinski definition) is 4. The van der Waals surface area contributed by atoms with Crippen molar-refractivity contribution in [2.24, 2.45) is 0 Å². The van der Waals surface area contributed by atoms with Gasteiger partial charge in [-0.1, -0.05) is 25.1 Å². The minimum absolute atomic E-state index is 0.0979. The van der Waals surface area contributed by atoms with E-state index >= 15 is 0 Å². The van der Waals surface area contributed by atoms with Crippen LogP contribution < -0.4 is 11.0 Å². The van der Waals surface area contributed by atoms with Gasteiger partial charge in [0.25, 0.3) is 0 Å². The van der Waals surface area contributed by atoms with Gasteiger partial charge in [-0.15, -0.1) is 5.10 Å². The van der Waals surface area contributed by atoms with Gasteiger partial charge in [-0.3, -0.25) is 9.36 Å². The van der Waals surface area contributed by atoms with E-state index in [0.717, 1.165) is 36.7 Å². The predicted molar refractivity (Wildman–Crippen MR) is 88.1 cm³/mol. The first-order chi connectivity index (χ1) is 11.4. The zero-order chi connectivity index (χ0) is 17.7. The van der Waals surface area contributed by atoms with E-state index in [9.17, 15) is 18.4 Å². The van der Waals surface area contributed by atoms with Crippen LogP contribution in [-0.4, -0.2) is 25.9 Å². The van der Waals surface area contributed by atoms with Crippen molar-refractivity contribution in [3.8, 4) is 0 Å². The molecule has 9 heteroatoms. The van der Waals surface area contributed by atoms with Crippen molar-refractivity contribution in [3.63, 3.8) is 0 Å². The van der Waals surface area contributed by atoms with Gasteiger partial charge in [0.2, 0.25) is 5.91 Å². The predicted octanol–water partition coefficient (Wildman–Crippen LogP) is 2.77. The molecule has 0 aliphatic heterocycles. The Morgan fingerprint density at radius 1 is 1.46 bits per heavy atom. The maximum absolute atomic E-state index is 13.6. The van der Waals surface area contributed by atoms with Crippen LogP contribution in [0.25, 0.3) is 0 Å². The third kappa shape index (κ3) is 4.44. The van der Waals surface area contributed by atoms with Gasteiger partial charge in [-0.25, -0.2) is 18.7 Å². The number of hydrogen-bond donors (Lipinski definition) is 2. The molecule has 1 atom stereocenters. The van der Waals surface area contributed by atoms with Crippen LogP contribution in [0.2, 0.25) is 0 Å². The molecule has 24 heavy (non-hydrogen) atoms. The monoisotopic (exact) mass is 356 g/mol. The van der Waals surface area contributed by atoms with E-state index in [1.165, 1.54) is 4.57 Å². The number of rotatable bonds is 7. The van der Waals surface area contributed by atoms with Crippen molar-refractivity contribution in [1.29, 1.82) is 0 Å². The first-order valence-corrected chi connectivity index (χ1v) is 8.38. The fraction of sp³-hybridized carbons (Fsp3) is 0.400. The second-order valence-electron chi connectivity index (χ2n) is 5.19. The smallest absolute Gasteiger partial charge is 0.323 e. The normalized spacial score (nSPS) is 12.2. The summed E-state index contributed by atoms with van der Waals surface area (Å²) in [5, 5.41) is 8.45. The van der Waals surface area contributed by atoms with E-state index < -0.39 is 22.8 Å². The maximum atomic E-state index is 13.6. The summed E-state index contributed by atoms with van der Waals surface area (Å²) in [6, 6.07) is 2.92. The lowest BCUT2D eigenvalue weighted by Crippen LogP contribution is -2.24. The fourth-order valence-electron chi connectivity index (χ4n) is 1.94. The van der Waals surface area contributed by atoms with E-state index in [1.54, 1.807) is 6.92 Å². The van der Waals surface area contributed by atoms with Crippen LogP contribution in [-0.2, 0) is 11.3 Å². The SMILES string of the molecule is CCCCn1c(S[C@H](C)C(=O)Nc2ccc(F)cc2F)n[nH]c1=O. The molecule has 1 heterocycles.